The highest BCUT2D eigenvalue weighted by Crippen LogP contribution is 2.22. The summed E-state index contributed by atoms with van der Waals surface area (Å²) in [7, 11) is -2.74. The molecular weight excluding hydrogens is 226 g/mol. The number of hydrogen-bond acceptors (Lipinski definition) is 3. The highest BCUT2D eigenvalue weighted by molar-refractivity contribution is 7.91. The van der Waals surface area contributed by atoms with Crippen LogP contribution in [0.2, 0.25) is 0 Å². The van der Waals surface area contributed by atoms with Gasteiger partial charge in [-0.05, 0) is 31.6 Å². The molecule has 1 heterocycles. The van der Waals surface area contributed by atoms with Gasteiger partial charge in [-0.3, -0.25) is 4.79 Å². The number of carbonyl (C=O) groups excluding carboxylic acids is 1. The van der Waals surface area contributed by atoms with Gasteiger partial charge in [-0.1, -0.05) is 6.92 Å². The first-order valence-electron chi connectivity index (χ1n) is 6.00. The molecule has 1 aliphatic rings. The summed E-state index contributed by atoms with van der Waals surface area (Å²) in [6.45, 7) is 2.65. The van der Waals surface area contributed by atoms with Gasteiger partial charge in [0, 0.05) is 13.0 Å². The Hall–Kier alpha value is -0.580. The van der Waals surface area contributed by atoms with Gasteiger partial charge in [-0.25, -0.2) is 8.42 Å². The Kier molecular flexibility index (Phi) is 5.25. The molecule has 0 aromatic heterocycles. The van der Waals surface area contributed by atoms with Crippen LogP contribution in [0.4, 0.5) is 0 Å². The van der Waals surface area contributed by atoms with Crippen molar-refractivity contribution in [3.8, 4) is 0 Å². The summed E-state index contributed by atoms with van der Waals surface area (Å²) in [6, 6.07) is 0. The summed E-state index contributed by atoms with van der Waals surface area (Å²) in [5.74, 6) is 1.10. The summed E-state index contributed by atoms with van der Waals surface area (Å²) < 4.78 is 22.4. The van der Waals surface area contributed by atoms with E-state index in [2.05, 4.69) is 5.32 Å². The van der Waals surface area contributed by atoms with Crippen molar-refractivity contribution in [3.05, 3.63) is 0 Å². The molecule has 0 aromatic carbocycles. The van der Waals surface area contributed by atoms with Crippen molar-refractivity contribution in [1.29, 1.82) is 0 Å². The van der Waals surface area contributed by atoms with E-state index in [0.717, 1.165) is 25.7 Å². The largest absolute Gasteiger partial charge is 0.356 e. The molecule has 1 saturated heterocycles. The smallest absolute Gasteiger partial charge is 0.219 e. The van der Waals surface area contributed by atoms with E-state index in [0.29, 0.717) is 30.4 Å². The zero-order valence-corrected chi connectivity index (χ0v) is 10.7. The fraction of sp³-hybridized carbons (Fsp3) is 0.909. The quantitative estimate of drug-likeness (QED) is 0.715. The molecule has 1 rings (SSSR count). The van der Waals surface area contributed by atoms with Crippen molar-refractivity contribution in [2.45, 2.75) is 39.0 Å². The first-order valence-corrected chi connectivity index (χ1v) is 7.83. The second-order valence-electron chi connectivity index (χ2n) is 4.51. The molecule has 0 saturated carbocycles. The van der Waals surface area contributed by atoms with Gasteiger partial charge < -0.3 is 5.32 Å². The van der Waals surface area contributed by atoms with Crippen LogP contribution in [-0.2, 0) is 14.6 Å². The Morgan fingerprint density at radius 1 is 1.44 bits per heavy atom. The Labute approximate surface area is 97.7 Å². The number of hydrogen-bond donors (Lipinski definition) is 1. The first-order chi connectivity index (χ1) is 7.53. The van der Waals surface area contributed by atoms with Crippen LogP contribution in [0.3, 0.4) is 0 Å². The van der Waals surface area contributed by atoms with Crippen molar-refractivity contribution in [2.75, 3.05) is 18.1 Å². The summed E-state index contributed by atoms with van der Waals surface area (Å²) in [6.07, 6.45) is 4.04. The summed E-state index contributed by atoms with van der Waals surface area (Å²) in [4.78, 5) is 11.1. The van der Waals surface area contributed by atoms with E-state index in [1.54, 1.807) is 0 Å². The van der Waals surface area contributed by atoms with Crippen molar-refractivity contribution in [1.82, 2.24) is 5.32 Å². The van der Waals surface area contributed by atoms with Crippen LogP contribution in [0.25, 0.3) is 0 Å². The van der Waals surface area contributed by atoms with Crippen molar-refractivity contribution < 1.29 is 13.2 Å². The van der Waals surface area contributed by atoms with Gasteiger partial charge >= 0.3 is 0 Å². The van der Waals surface area contributed by atoms with Gasteiger partial charge in [0.05, 0.1) is 11.5 Å². The minimum absolute atomic E-state index is 0.0987. The summed E-state index contributed by atoms with van der Waals surface area (Å²) in [5.41, 5.74) is 0. The molecular formula is C11H21NO3S. The maximum atomic E-state index is 11.2. The topological polar surface area (TPSA) is 63.2 Å². The molecule has 1 aliphatic heterocycles. The highest BCUT2D eigenvalue weighted by Gasteiger charge is 2.27. The highest BCUT2D eigenvalue weighted by atomic mass is 32.2. The lowest BCUT2D eigenvalue weighted by atomic mass is 10.0. The minimum atomic E-state index is -2.74. The van der Waals surface area contributed by atoms with E-state index in [4.69, 9.17) is 0 Å². The van der Waals surface area contributed by atoms with Crippen LogP contribution in [-0.4, -0.2) is 32.4 Å². The van der Waals surface area contributed by atoms with Crippen molar-refractivity contribution in [3.63, 3.8) is 0 Å². The van der Waals surface area contributed by atoms with Gasteiger partial charge in [0.25, 0.3) is 0 Å². The van der Waals surface area contributed by atoms with Gasteiger partial charge in [0.2, 0.25) is 5.91 Å². The fourth-order valence-electron chi connectivity index (χ4n) is 2.03. The maximum Gasteiger partial charge on any atom is 0.219 e. The Bertz CT molecular complexity index is 324. The van der Waals surface area contributed by atoms with Crippen LogP contribution in [0.5, 0.6) is 0 Å². The molecule has 0 aromatic rings. The van der Waals surface area contributed by atoms with Crippen molar-refractivity contribution in [2.24, 2.45) is 5.92 Å². The van der Waals surface area contributed by atoms with E-state index in [-0.39, 0.29) is 5.91 Å². The Morgan fingerprint density at radius 2 is 2.19 bits per heavy atom. The van der Waals surface area contributed by atoms with Crippen LogP contribution in [0.1, 0.15) is 39.0 Å². The number of nitrogens with one attached hydrogen (secondary N) is 1. The van der Waals surface area contributed by atoms with Crippen LogP contribution < -0.4 is 5.32 Å². The van der Waals surface area contributed by atoms with E-state index in [9.17, 15) is 13.2 Å². The number of carbonyl (C=O) groups is 1. The van der Waals surface area contributed by atoms with Crippen molar-refractivity contribution >= 4 is 15.7 Å². The van der Waals surface area contributed by atoms with Crippen LogP contribution in [0, 0.1) is 5.92 Å². The predicted molar refractivity (Wildman–Crippen MR) is 63.9 cm³/mol. The van der Waals surface area contributed by atoms with Gasteiger partial charge in [0.15, 0.2) is 9.84 Å². The minimum Gasteiger partial charge on any atom is -0.356 e. The van der Waals surface area contributed by atoms with Crippen LogP contribution in [0.15, 0.2) is 0 Å². The van der Waals surface area contributed by atoms with E-state index < -0.39 is 9.84 Å². The monoisotopic (exact) mass is 247 g/mol. The molecule has 1 unspecified atom stereocenters. The van der Waals surface area contributed by atoms with Gasteiger partial charge in [0.1, 0.15) is 0 Å². The zero-order chi connectivity index (χ0) is 12.0. The SMILES string of the molecule is CCCC(=O)NCCCC1CCS(=O)(=O)C1. The van der Waals surface area contributed by atoms with Crippen LogP contribution >= 0.6 is 0 Å². The molecule has 0 bridgehead atoms. The zero-order valence-electron chi connectivity index (χ0n) is 9.87. The Morgan fingerprint density at radius 3 is 2.75 bits per heavy atom. The van der Waals surface area contributed by atoms with E-state index in [1.165, 1.54) is 0 Å². The molecule has 94 valence electrons. The third-order valence-corrected chi connectivity index (χ3v) is 4.75. The molecule has 1 N–H and O–H groups in total. The fourth-order valence-corrected chi connectivity index (χ4v) is 3.94. The molecule has 5 heteroatoms. The molecule has 16 heavy (non-hydrogen) atoms. The lowest BCUT2D eigenvalue weighted by molar-refractivity contribution is -0.121. The summed E-state index contributed by atoms with van der Waals surface area (Å²) >= 11 is 0. The number of rotatable bonds is 6. The van der Waals surface area contributed by atoms with E-state index in [1.807, 2.05) is 6.92 Å². The number of amides is 1. The van der Waals surface area contributed by atoms with E-state index >= 15 is 0 Å². The lowest BCUT2D eigenvalue weighted by Gasteiger charge is -2.08. The molecule has 4 nitrogen and oxygen atoms in total. The third kappa shape index (κ3) is 4.96. The molecule has 0 spiro atoms. The predicted octanol–water partition coefficient (Wildman–Crippen LogP) is 1.12. The average Bonchev–Trinajstić information content (AvgIpc) is 2.54. The standard InChI is InChI=1S/C11H21NO3S/c1-2-4-11(13)12-7-3-5-10-6-8-16(14,15)9-10/h10H,2-9H2,1H3,(H,12,13). The first kappa shape index (κ1) is 13.5. The lowest BCUT2D eigenvalue weighted by Crippen LogP contribution is -2.24. The molecule has 0 aliphatic carbocycles. The third-order valence-electron chi connectivity index (χ3n) is 2.92. The second kappa shape index (κ2) is 6.23. The van der Waals surface area contributed by atoms with Gasteiger partial charge in [-0.2, -0.15) is 0 Å². The molecule has 0 radical (unpaired) electrons. The van der Waals surface area contributed by atoms with Gasteiger partial charge in [-0.15, -0.1) is 0 Å². The average molecular weight is 247 g/mol. The Balaban J connectivity index is 2.06. The maximum absolute atomic E-state index is 11.2. The molecule has 1 atom stereocenters. The normalized spacial score (nSPS) is 23.2. The second-order valence-corrected chi connectivity index (χ2v) is 6.74. The number of sulfone groups is 1. The molecule has 1 fully saturated rings. The molecule has 1 amide bonds. The summed E-state index contributed by atoms with van der Waals surface area (Å²) in [5, 5.41) is 2.84.